The van der Waals surface area contributed by atoms with Gasteiger partial charge in [0, 0.05) is 11.6 Å². The first-order chi connectivity index (χ1) is 8.86. The van der Waals surface area contributed by atoms with Crippen LogP contribution < -0.4 is 14.2 Å². The lowest BCUT2D eigenvalue weighted by Crippen LogP contribution is -2.26. The molecule has 1 aliphatic heterocycles. The summed E-state index contributed by atoms with van der Waals surface area (Å²) in [7, 11) is 1.54. The minimum Gasteiger partial charge on any atom is -0.495 e. The number of ether oxygens (including phenoxy) is 3. The minimum atomic E-state index is -0.923. The quantitative estimate of drug-likeness (QED) is 0.919. The topological polar surface area (TPSA) is 65.0 Å². The maximum atomic E-state index is 11.3. The number of halogens is 1. The fraction of sp³-hybridized carbons (Fsp3) is 0.462. The van der Waals surface area contributed by atoms with Crippen molar-refractivity contribution in [3.05, 3.63) is 16.1 Å². The zero-order valence-corrected chi connectivity index (χ0v) is 12.5. The second-order valence-electron chi connectivity index (χ2n) is 4.97. The zero-order valence-electron chi connectivity index (χ0n) is 10.9. The van der Waals surface area contributed by atoms with E-state index in [0.29, 0.717) is 22.8 Å². The predicted molar refractivity (Wildman–Crippen MR) is 71.9 cm³/mol. The molecular formula is C13H15BrO5. The number of fused-ring (bicyclic) bond motifs is 1. The molecule has 1 aromatic rings. The molecule has 0 atom stereocenters. The van der Waals surface area contributed by atoms with E-state index in [4.69, 9.17) is 14.2 Å². The van der Waals surface area contributed by atoms with Crippen molar-refractivity contribution in [2.75, 3.05) is 13.9 Å². The van der Waals surface area contributed by atoms with Gasteiger partial charge in [-0.15, -0.1) is 0 Å². The monoisotopic (exact) mass is 330 g/mol. The van der Waals surface area contributed by atoms with Gasteiger partial charge in [0.1, 0.15) is 5.75 Å². The van der Waals surface area contributed by atoms with Crippen LogP contribution in [0.1, 0.15) is 19.4 Å². The first-order valence-corrected chi connectivity index (χ1v) is 6.54. The number of methoxy groups -OCH3 is 1. The van der Waals surface area contributed by atoms with E-state index in [-0.39, 0.29) is 13.2 Å². The van der Waals surface area contributed by atoms with Crippen LogP contribution in [0, 0.1) is 5.41 Å². The molecule has 0 aliphatic carbocycles. The summed E-state index contributed by atoms with van der Waals surface area (Å²) in [5.74, 6) is 0.874. The fourth-order valence-corrected chi connectivity index (χ4v) is 2.57. The van der Waals surface area contributed by atoms with Gasteiger partial charge in [-0.1, -0.05) is 0 Å². The second kappa shape index (κ2) is 4.92. The molecule has 0 aromatic heterocycles. The van der Waals surface area contributed by atoms with Crippen molar-refractivity contribution >= 4 is 21.9 Å². The lowest BCUT2D eigenvalue weighted by atomic mass is 9.85. The molecule has 0 saturated carbocycles. The Morgan fingerprint density at radius 2 is 2.21 bits per heavy atom. The first-order valence-electron chi connectivity index (χ1n) is 5.75. The van der Waals surface area contributed by atoms with Crippen LogP contribution in [0.3, 0.4) is 0 Å². The molecule has 6 heteroatoms. The van der Waals surface area contributed by atoms with E-state index < -0.39 is 11.4 Å². The number of aliphatic carboxylic acids is 1. The van der Waals surface area contributed by atoms with E-state index in [1.807, 2.05) is 0 Å². The Balaban J connectivity index is 2.52. The Hall–Kier alpha value is -1.43. The van der Waals surface area contributed by atoms with Crippen molar-refractivity contribution in [2.45, 2.75) is 20.3 Å². The summed E-state index contributed by atoms with van der Waals surface area (Å²) in [5.41, 5.74) is -0.217. The molecule has 1 aliphatic rings. The van der Waals surface area contributed by atoms with Gasteiger partial charge >= 0.3 is 5.97 Å². The Bertz CT molecular complexity index is 521. The lowest BCUT2D eigenvalue weighted by molar-refractivity contribution is -0.146. The number of hydrogen-bond acceptors (Lipinski definition) is 4. The van der Waals surface area contributed by atoms with Crippen LogP contribution in [0.5, 0.6) is 17.2 Å². The van der Waals surface area contributed by atoms with Crippen molar-refractivity contribution in [1.29, 1.82) is 0 Å². The maximum absolute atomic E-state index is 11.3. The number of carbonyl (C=O) groups is 1. The molecule has 104 valence electrons. The molecule has 1 aromatic carbocycles. The van der Waals surface area contributed by atoms with Gasteiger partial charge in [-0.25, -0.2) is 0 Å². The van der Waals surface area contributed by atoms with Crippen LogP contribution in [-0.4, -0.2) is 25.0 Å². The Labute approximate surface area is 119 Å². The van der Waals surface area contributed by atoms with Crippen molar-refractivity contribution in [1.82, 2.24) is 0 Å². The van der Waals surface area contributed by atoms with Gasteiger partial charge in [-0.05, 0) is 36.2 Å². The van der Waals surface area contributed by atoms with Crippen LogP contribution >= 0.6 is 15.9 Å². The summed E-state index contributed by atoms with van der Waals surface area (Å²) in [6.45, 7) is 3.46. The van der Waals surface area contributed by atoms with Crippen molar-refractivity contribution in [3.8, 4) is 17.2 Å². The van der Waals surface area contributed by atoms with Crippen LogP contribution in [0.4, 0.5) is 0 Å². The minimum absolute atomic E-state index is 0.134. The summed E-state index contributed by atoms with van der Waals surface area (Å²) >= 11 is 3.40. The third kappa shape index (κ3) is 2.49. The molecule has 19 heavy (non-hydrogen) atoms. The zero-order chi connectivity index (χ0) is 14.2. The molecule has 2 rings (SSSR count). The average molecular weight is 331 g/mol. The first kappa shape index (κ1) is 14.0. The number of rotatable bonds is 4. The SMILES string of the molecule is COc1c(Br)cc2c(c1CC(C)(C)C(=O)O)OCO2. The molecular weight excluding hydrogens is 316 g/mol. The summed E-state index contributed by atoms with van der Waals surface area (Å²) in [5, 5.41) is 9.26. The number of hydrogen-bond donors (Lipinski definition) is 1. The molecule has 0 saturated heterocycles. The van der Waals surface area contributed by atoms with Gasteiger partial charge in [0.15, 0.2) is 11.5 Å². The highest BCUT2D eigenvalue weighted by atomic mass is 79.9. The standard InChI is InChI=1S/C13H15BrO5/c1-13(2,12(15)16)5-7-10(17-3)8(14)4-9-11(7)19-6-18-9/h4H,5-6H2,1-3H3,(H,15,16). The number of carboxylic acids is 1. The molecule has 5 nitrogen and oxygen atoms in total. The molecule has 0 spiro atoms. The number of benzene rings is 1. The van der Waals surface area contributed by atoms with Gasteiger partial charge in [-0.2, -0.15) is 0 Å². The normalized spacial score (nSPS) is 13.5. The van der Waals surface area contributed by atoms with Gasteiger partial charge in [-0.3, -0.25) is 4.79 Å². The van der Waals surface area contributed by atoms with E-state index in [2.05, 4.69) is 15.9 Å². The predicted octanol–water partition coefficient (Wildman–Crippen LogP) is 2.84. The lowest BCUT2D eigenvalue weighted by Gasteiger charge is -2.22. The van der Waals surface area contributed by atoms with Crippen molar-refractivity contribution in [3.63, 3.8) is 0 Å². The maximum Gasteiger partial charge on any atom is 0.309 e. The summed E-state index contributed by atoms with van der Waals surface area (Å²) < 4.78 is 16.8. The fourth-order valence-electron chi connectivity index (χ4n) is 1.96. The molecule has 1 heterocycles. The van der Waals surface area contributed by atoms with Gasteiger partial charge in [0.05, 0.1) is 17.0 Å². The molecule has 1 N–H and O–H groups in total. The van der Waals surface area contributed by atoms with E-state index >= 15 is 0 Å². The largest absolute Gasteiger partial charge is 0.495 e. The van der Waals surface area contributed by atoms with E-state index in [9.17, 15) is 9.90 Å². The highest BCUT2D eigenvalue weighted by Gasteiger charge is 2.33. The van der Waals surface area contributed by atoms with E-state index in [1.165, 1.54) is 0 Å². The van der Waals surface area contributed by atoms with E-state index in [0.717, 1.165) is 4.47 Å². The Morgan fingerprint density at radius 1 is 1.53 bits per heavy atom. The number of carboxylic acid groups (broad SMARTS) is 1. The molecule has 0 amide bonds. The average Bonchev–Trinajstić information content (AvgIpc) is 2.76. The van der Waals surface area contributed by atoms with Crippen LogP contribution in [0.15, 0.2) is 10.5 Å². The van der Waals surface area contributed by atoms with Crippen LogP contribution in [0.2, 0.25) is 0 Å². The van der Waals surface area contributed by atoms with Crippen LogP contribution in [-0.2, 0) is 11.2 Å². The molecule has 0 unspecified atom stereocenters. The van der Waals surface area contributed by atoms with Gasteiger partial charge < -0.3 is 19.3 Å². The van der Waals surface area contributed by atoms with Gasteiger partial charge in [0.25, 0.3) is 0 Å². The highest BCUT2D eigenvalue weighted by Crippen LogP contribution is 2.47. The molecule has 0 fully saturated rings. The third-order valence-corrected chi connectivity index (χ3v) is 3.66. The highest BCUT2D eigenvalue weighted by molar-refractivity contribution is 9.10. The smallest absolute Gasteiger partial charge is 0.309 e. The van der Waals surface area contributed by atoms with Crippen molar-refractivity contribution < 1.29 is 24.1 Å². The van der Waals surface area contributed by atoms with Gasteiger partial charge in [0.2, 0.25) is 6.79 Å². The Morgan fingerprint density at radius 3 is 2.79 bits per heavy atom. The Kier molecular flexibility index (Phi) is 3.62. The van der Waals surface area contributed by atoms with Crippen molar-refractivity contribution in [2.24, 2.45) is 5.41 Å². The second-order valence-corrected chi connectivity index (χ2v) is 5.82. The van der Waals surface area contributed by atoms with Crippen LogP contribution in [0.25, 0.3) is 0 Å². The summed E-state index contributed by atoms with van der Waals surface area (Å²) in [6.07, 6.45) is 0.288. The van der Waals surface area contributed by atoms with E-state index in [1.54, 1.807) is 27.0 Å². The molecule has 0 radical (unpaired) electrons. The summed E-state index contributed by atoms with van der Waals surface area (Å²) in [6, 6.07) is 1.76. The third-order valence-electron chi connectivity index (χ3n) is 3.07. The molecule has 0 bridgehead atoms. The summed E-state index contributed by atoms with van der Waals surface area (Å²) in [4.78, 5) is 11.3.